The van der Waals surface area contributed by atoms with Crippen molar-refractivity contribution in [2.45, 2.75) is 12.7 Å². The summed E-state index contributed by atoms with van der Waals surface area (Å²) in [5, 5.41) is 18.0. The third-order valence-electron chi connectivity index (χ3n) is 2.52. The van der Waals surface area contributed by atoms with E-state index in [2.05, 4.69) is 0 Å². The number of carbonyl (C=O) groups is 1. The smallest absolute Gasteiger partial charge is 0.341 e. The molecule has 0 atom stereocenters. The normalized spacial score (nSPS) is 13.8. The molecule has 15 heavy (non-hydrogen) atoms. The molecule has 2 N–H and O–H groups in total. The molecule has 0 bridgehead atoms. The van der Waals surface area contributed by atoms with Gasteiger partial charge in [-0.25, -0.2) is 4.79 Å². The number of hydrogen-bond donors (Lipinski definition) is 2. The van der Waals surface area contributed by atoms with Gasteiger partial charge in [-0.15, -0.1) is 0 Å². The highest BCUT2D eigenvalue weighted by Crippen LogP contribution is 2.19. The van der Waals surface area contributed by atoms with Gasteiger partial charge in [-0.2, -0.15) is 0 Å². The second-order valence-electron chi connectivity index (χ2n) is 3.60. The van der Waals surface area contributed by atoms with Gasteiger partial charge >= 0.3 is 12.9 Å². The van der Waals surface area contributed by atoms with Crippen molar-refractivity contribution in [1.82, 2.24) is 0 Å². The van der Waals surface area contributed by atoms with Gasteiger partial charge < -0.3 is 14.9 Å². The highest BCUT2D eigenvalue weighted by Gasteiger charge is 2.24. The lowest BCUT2D eigenvalue weighted by molar-refractivity contribution is -0.139. The average molecular weight is 206 g/mol. The summed E-state index contributed by atoms with van der Waals surface area (Å²) in [6.07, 6.45) is 1.55. The average Bonchev–Trinajstić information content (AvgIpc) is 2.57. The summed E-state index contributed by atoms with van der Waals surface area (Å²) in [5.74, 6) is -0.444. The Morgan fingerprint density at radius 2 is 2.33 bits per heavy atom. The van der Waals surface area contributed by atoms with Crippen LogP contribution >= 0.6 is 0 Å². The highest BCUT2D eigenvalue weighted by molar-refractivity contribution is 6.68. The van der Waals surface area contributed by atoms with Crippen molar-refractivity contribution in [3.8, 4) is 5.75 Å². The van der Waals surface area contributed by atoms with E-state index in [0.717, 1.165) is 23.8 Å². The molecule has 78 valence electrons. The van der Waals surface area contributed by atoms with Crippen molar-refractivity contribution in [2.75, 3.05) is 6.61 Å². The van der Waals surface area contributed by atoms with Gasteiger partial charge in [0.25, 0.3) is 0 Å². The van der Waals surface area contributed by atoms with Crippen molar-refractivity contribution >= 4 is 18.3 Å². The van der Waals surface area contributed by atoms with Crippen LogP contribution in [0.25, 0.3) is 0 Å². The topological polar surface area (TPSA) is 66.8 Å². The van der Waals surface area contributed by atoms with E-state index in [0.29, 0.717) is 5.75 Å². The minimum absolute atomic E-state index is 0.332. The number of aliphatic carboxylic acids is 1. The number of ether oxygens (including phenoxy) is 1. The number of carboxylic acids is 1. The summed E-state index contributed by atoms with van der Waals surface area (Å²) in [7, 11) is 0. The number of benzene rings is 1. The van der Waals surface area contributed by atoms with E-state index in [9.17, 15) is 9.82 Å². The van der Waals surface area contributed by atoms with Crippen molar-refractivity contribution in [3.05, 3.63) is 23.8 Å². The van der Waals surface area contributed by atoms with Crippen LogP contribution in [0.5, 0.6) is 5.75 Å². The Morgan fingerprint density at radius 1 is 1.53 bits per heavy atom. The lowest BCUT2D eigenvalue weighted by Crippen LogP contribution is -2.25. The molecule has 0 spiro atoms. The van der Waals surface area contributed by atoms with Crippen LogP contribution in [0.3, 0.4) is 0 Å². The summed E-state index contributed by atoms with van der Waals surface area (Å²) >= 11 is 0. The summed E-state index contributed by atoms with van der Waals surface area (Å²) < 4.78 is 5.05. The Kier molecular flexibility index (Phi) is 2.64. The van der Waals surface area contributed by atoms with Crippen LogP contribution in [0, 0.1) is 0 Å². The Balaban J connectivity index is 2.12. The van der Waals surface area contributed by atoms with Crippen LogP contribution in [0.1, 0.15) is 5.56 Å². The van der Waals surface area contributed by atoms with E-state index in [4.69, 9.17) is 9.84 Å². The summed E-state index contributed by atoms with van der Waals surface area (Å²) in [6, 6.07) is 5.29. The molecule has 1 heterocycles. The minimum atomic E-state index is -0.990. The zero-order valence-corrected chi connectivity index (χ0v) is 8.14. The number of hydrogen-bond acceptors (Lipinski definition) is 3. The first-order valence-electron chi connectivity index (χ1n) is 4.82. The molecule has 5 heteroatoms. The van der Waals surface area contributed by atoms with Crippen molar-refractivity contribution in [1.29, 1.82) is 0 Å². The largest absolute Gasteiger partial charge is 0.482 e. The maximum Gasteiger partial charge on any atom is 0.341 e. The minimum Gasteiger partial charge on any atom is -0.482 e. The monoisotopic (exact) mass is 206 g/mol. The third-order valence-corrected chi connectivity index (χ3v) is 2.52. The Hall–Kier alpha value is -1.49. The molecule has 0 saturated carbocycles. The van der Waals surface area contributed by atoms with Gasteiger partial charge in [-0.1, -0.05) is 6.07 Å². The van der Waals surface area contributed by atoms with Crippen LogP contribution in [-0.4, -0.2) is 29.6 Å². The zero-order chi connectivity index (χ0) is 10.8. The van der Waals surface area contributed by atoms with E-state index in [-0.39, 0.29) is 13.5 Å². The first-order chi connectivity index (χ1) is 7.16. The number of rotatable bonds is 3. The standard InChI is InChI=1S/C10H11BO4/c12-10(13)6-15-8-1-2-9-7(5-8)3-4-11(9)14/h1-2,5,14H,3-4,6H2,(H,12,13). The predicted molar refractivity (Wildman–Crippen MR) is 55.7 cm³/mol. The molecule has 0 saturated heterocycles. The van der Waals surface area contributed by atoms with Crippen molar-refractivity contribution < 1.29 is 19.7 Å². The fourth-order valence-corrected chi connectivity index (χ4v) is 1.81. The number of fused-ring (bicyclic) bond motifs is 1. The zero-order valence-electron chi connectivity index (χ0n) is 8.14. The first-order valence-corrected chi connectivity index (χ1v) is 4.82. The van der Waals surface area contributed by atoms with Crippen LogP contribution in [0.4, 0.5) is 0 Å². The van der Waals surface area contributed by atoms with Crippen LogP contribution in [0.15, 0.2) is 18.2 Å². The molecular formula is C10H11BO4. The van der Waals surface area contributed by atoms with Crippen LogP contribution in [-0.2, 0) is 11.2 Å². The lowest BCUT2D eigenvalue weighted by atomic mass is 9.63. The molecule has 0 aromatic heterocycles. The Labute approximate surface area is 87.6 Å². The number of carboxylic acid groups (broad SMARTS) is 1. The summed E-state index contributed by atoms with van der Waals surface area (Å²) in [5.41, 5.74) is 1.98. The SMILES string of the molecule is O=C(O)COc1ccc2c(c1)CCB2O. The second-order valence-corrected chi connectivity index (χ2v) is 3.60. The van der Waals surface area contributed by atoms with E-state index >= 15 is 0 Å². The van der Waals surface area contributed by atoms with Crippen molar-refractivity contribution in [3.63, 3.8) is 0 Å². The molecular weight excluding hydrogens is 195 g/mol. The molecule has 0 radical (unpaired) electrons. The molecule has 1 aliphatic rings. The van der Waals surface area contributed by atoms with Crippen LogP contribution in [0.2, 0.25) is 6.32 Å². The molecule has 1 aromatic rings. The molecule has 0 unspecified atom stereocenters. The van der Waals surface area contributed by atoms with Gasteiger partial charge in [0.15, 0.2) is 6.61 Å². The maximum atomic E-state index is 10.3. The van der Waals surface area contributed by atoms with E-state index < -0.39 is 5.97 Å². The molecule has 1 aromatic carbocycles. The van der Waals surface area contributed by atoms with Crippen molar-refractivity contribution in [2.24, 2.45) is 0 Å². The van der Waals surface area contributed by atoms with Gasteiger partial charge in [0.2, 0.25) is 0 Å². The van der Waals surface area contributed by atoms with Gasteiger partial charge in [0, 0.05) is 0 Å². The lowest BCUT2D eigenvalue weighted by Gasteiger charge is -2.06. The summed E-state index contributed by atoms with van der Waals surface area (Å²) in [6.45, 7) is -0.713. The fraction of sp³-hybridized carbons (Fsp3) is 0.300. The highest BCUT2D eigenvalue weighted by atomic mass is 16.5. The van der Waals surface area contributed by atoms with Gasteiger partial charge in [0.05, 0.1) is 0 Å². The third kappa shape index (κ3) is 2.13. The molecule has 2 rings (SSSR count). The van der Waals surface area contributed by atoms with E-state index in [1.165, 1.54) is 0 Å². The van der Waals surface area contributed by atoms with Gasteiger partial charge in [0.1, 0.15) is 5.75 Å². The maximum absolute atomic E-state index is 10.3. The predicted octanol–water partition coefficient (Wildman–Crippen LogP) is -0.103. The molecule has 0 amide bonds. The van der Waals surface area contributed by atoms with E-state index in [1.807, 2.05) is 0 Å². The van der Waals surface area contributed by atoms with Crippen LogP contribution < -0.4 is 10.2 Å². The quantitative estimate of drug-likeness (QED) is 0.677. The molecule has 4 nitrogen and oxygen atoms in total. The van der Waals surface area contributed by atoms with Gasteiger partial charge in [-0.3, -0.25) is 0 Å². The fourth-order valence-electron chi connectivity index (χ4n) is 1.81. The first kappa shape index (κ1) is 10.0. The molecule has 1 aliphatic heterocycles. The molecule has 0 fully saturated rings. The second kappa shape index (κ2) is 3.94. The number of aryl methyl sites for hydroxylation is 1. The molecule has 0 aliphatic carbocycles. The Morgan fingerprint density at radius 3 is 3.07 bits per heavy atom. The van der Waals surface area contributed by atoms with E-state index in [1.54, 1.807) is 18.2 Å². The van der Waals surface area contributed by atoms with Gasteiger partial charge in [-0.05, 0) is 35.9 Å². The Bertz CT molecular complexity index is 391. The summed E-state index contributed by atoms with van der Waals surface area (Å²) in [4.78, 5) is 10.3.